The van der Waals surface area contributed by atoms with E-state index in [1.165, 1.54) is 59.1 Å². The van der Waals surface area contributed by atoms with Crippen LogP contribution >= 0.6 is 0 Å². The lowest BCUT2D eigenvalue weighted by atomic mass is 9.96. The summed E-state index contributed by atoms with van der Waals surface area (Å²) in [6.07, 6.45) is 9.75. The van der Waals surface area contributed by atoms with Gasteiger partial charge in [-0.15, -0.1) is 0 Å². The van der Waals surface area contributed by atoms with E-state index in [9.17, 15) is 0 Å². The maximum absolute atomic E-state index is 3.85. The molecular formula is C25H34. The third kappa shape index (κ3) is 6.38. The Morgan fingerprint density at radius 1 is 0.840 bits per heavy atom. The van der Waals surface area contributed by atoms with Crippen LogP contribution in [0.1, 0.15) is 67.0 Å². The van der Waals surface area contributed by atoms with Gasteiger partial charge in [-0.05, 0) is 59.6 Å². The van der Waals surface area contributed by atoms with Crippen LogP contribution in [0.3, 0.4) is 0 Å². The number of rotatable bonds is 7. The quantitative estimate of drug-likeness (QED) is 0.493. The van der Waals surface area contributed by atoms with Gasteiger partial charge in [0.05, 0.1) is 0 Å². The van der Waals surface area contributed by atoms with Crippen molar-refractivity contribution in [1.29, 1.82) is 0 Å². The Morgan fingerprint density at radius 2 is 1.56 bits per heavy atom. The summed E-state index contributed by atoms with van der Waals surface area (Å²) in [4.78, 5) is 0. The van der Waals surface area contributed by atoms with E-state index >= 15 is 0 Å². The van der Waals surface area contributed by atoms with Gasteiger partial charge in [-0.25, -0.2) is 0 Å². The largest absolute Gasteiger partial charge is 0.0985 e. The van der Waals surface area contributed by atoms with Crippen molar-refractivity contribution in [1.82, 2.24) is 0 Å². The number of benzene rings is 2. The topological polar surface area (TPSA) is 0 Å². The molecule has 0 nitrogen and oxygen atoms in total. The van der Waals surface area contributed by atoms with Gasteiger partial charge < -0.3 is 0 Å². The molecule has 0 saturated heterocycles. The van der Waals surface area contributed by atoms with Crippen molar-refractivity contribution in [2.45, 2.75) is 59.8 Å². The summed E-state index contributed by atoms with van der Waals surface area (Å²) in [6, 6.07) is 13.0. The van der Waals surface area contributed by atoms with Gasteiger partial charge in [0.1, 0.15) is 0 Å². The molecule has 0 aliphatic heterocycles. The molecule has 0 fully saturated rings. The van der Waals surface area contributed by atoms with Crippen molar-refractivity contribution < 1.29 is 0 Å². The minimum atomic E-state index is 1.12. The molecule has 25 heavy (non-hydrogen) atoms. The number of aryl methyl sites for hydroxylation is 3. The fourth-order valence-electron chi connectivity index (χ4n) is 3.09. The molecule has 0 atom stereocenters. The Balaban J connectivity index is 0.000000251. The lowest BCUT2D eigenvalue weighted by Crippen LogP contribution is -1.95. The van der Waals surface area contributed by atoms with E-state index in [1.54, 1.807) is 0 Å². The molecule has 0 aromatic heterocycles. The molecule has 134 valence electrons. The minimum Gasteiger partial charge on any atom is -0.0985 e. The van der Waals surface area contributed by atoms with Crippen molar-refractivity contribution in [3.8, 4) is 0 Å². The van der Waals surface area contributed by atoms with Gasteiger partial charge in [-0.3, -0.25) is 0 Å². The summed E-state index contributed by atoms with van der Waals surface area (Å²) >= 11 is 0. The van der Waals surface area contributed by atoms with Crippen LogP contribution in [0, 0.1) is 6.92 Å². The fourth-order valence-corrected chi connectivity index (χ4v) is 3.09. The normalized spacial score (nSPS) is 9.92. The van der Waals surface area contributed by atoms with Crippen molar-refractivity contribution in [2.24, 2.45) is 0 Å². The third-order valence-electron chi connectivity index (χ3n) is 4.54. The van der Waals surface area contributed by atoms with E-state index < -0.39 is 0 Å². The van der Waals surface area contributed by atoms with E-state index in [1.807, 2.05) is 12.2 Å². The predicted molar refractivity (Wildman–Crippen MR) is 115 cm³/mol. The zero-order chi connectivity index (χ0) is 18.7. The second kappa shape index (κ2) is 11.5. The van der Waals surface area contributed by atoms with Gasteiger partial charge in [-0.2, -0.15) is 0 Å². The SMILES string of the molecule is C=Cc1ccc(C)c(CCC)c1.C=Cc1cccc(CC)c1CCC. The zero-order valence-electron chi connectivity index (χ0n) is 16.6. The average Bonchev–Trinajstić information content (AvgIpc) is 2.64. The average molecular weight is 335 g/mol. The highest BCUT2D eigenvalue weighted by Crippen LogP contribution is 2.18. The van der Waals surface area contributed by atoms with Gasteiger partial charge in [0, 0.05) is 0 Å². The summed E-state index contributed by atoms with van der Waals surface area (Å²) in [7, 11) is 0. The second-order valence-corrected chi connectivity index (χ2v) is 6.43. The monoisotopic (exact) mass is 334 g/mol. The highest BCUT2D eigenvalue weighted by molar-refractivity contribution is 5.54. The summed E-state index contributed by atoms with van der Waals surface area (Å²) in [5.74, 6) is 0. The first-order valence-corrected chi connectivity index (χ1v) is 9.56. The minimum absolute atomic E-state index is 1.12. The first-order chi connectivity index (χ1) is 12.1. The molecule has 0 heteroatoms. The molecular weight excluding hydrogens is 300 g/mol. The maximum Gasteiger partial charge on any atom is -0.0228 e. The molecule has 0 aliphatic rings. The van der Waals surface area contributed by atoms with E-state index in [2.05, 4.69) is 77.3 Å². The molecule has 0 radical (unpaired) electrons. The smallest absolute Gasteiger partial charge is 0.0228 e. The number of hydrogen-bond acceptors (Lipinski definition) is 0. The number of hydrogen-bond donors (Lipinski definition) is 0. The Bertz CT molecular complexity index is 676. The Labute approximate surface area is 155 Å². The van der Waals surface area contributed by atoms with Crippen LogP contribution in [0.4, 0.5) is 0 Å². The van der Waals surface area contributed by atoms with E-state index in [4.69, 9.17) is 0 Å². The van der Waals surface area contributed by atoms with Crippen LogP contribution in [0.15, 0.2) is 49.6 Å². The molecule has 0 saturated carbocycles. The van der Waals surface area contributed by atoms with E-state index in [0.717, 1.165) is 6.42 Å². The van der Waals surface area contributed by atoms with Gasteiger partial charge in [0.25, 0.3) is 0 Å². The molecule has 0 unspecified atom stereocenters. The van der Waals surface area contributed by atoms with Crippen molar-refractivity contribution in [3.63, 3.8) is 0 Å². The lowest BCUT2D eigenvalue weighted by Gasteiger charge is -2.10. The molecule has 0 bridgehead atoms. The van der Waals surface area contributed by atoms with Crippen LogP contribution in [0.2, 0.25) is 0 Å². The van der Waals surface area contributed by atoms with Crippen LogP contribution in [-0.4, -0.2) is 0 Å². The molecule has 2 rings (SSSR count). The van der Waals surface area contributed by atoms with Gasteiger partial charge >= 0.3 is 0 Å². The Hall–Kier alpha value is -2.08. The van der Waals surface area contributed by atoms with Crippen LogP contribution in [-0.2, 0) is 19.3 Å². The molecule has 2 aromatic rings. The zero-order valence-corrected chi connectivity index (χ0v) is 16.6. The predicted octanol–water partition coefficient (Wildman–Crippen LogP) is 7.44. The summed E-state index contributed by atoms with van der Waals surface area (Å²) in [5, 5.41) is 0. The first-order valence-electron chi connectivity index (χ1n) is 9.56. The maximum atomic E-state index is 3.85. The molecule has 0 aliphatic carbocycles. The molecule has 0 amide bonds. The molecule has 0 N–H and O–H groups in total. The van der Waals surface area contributed by atoms with Crippen molar-refractivity contribution >= 4 is 12.2 Å². The van der Waals surface area contributed by atoms with Gasteiger partial charge in [0.2, 0.25) is 0 Å². The van der Waals surface area contributed by atoms with E-state index in [0.29, 0.717) is 0 Å². The Morgan fingerprint density at radius 3 is 2.12 bits per heavy atom. The molecule has 0 heterocycles. The first kappa shape index (κ1) is 21.0. The fraction of sp³-hybridized carbons (Fsp3) is 0.360. The standard InChI is InChI=1S/C13H18.C12H16/c1-4-8-13-11(5-2)9-7-10-12(13)6-3;1-4-6-12-9-11(5-2)8-7-10(12)3/h5,7,9-10H,2,4,6,8H2,1,3H3;5,7-9H,2,4,6H2,1,3H3. The van der Waals surface area contributed by atoms with Crippen molar-refractivity contribution in [3.05, 3.63) is 82.9 Å². The summed E-state index contributed by atoms with van der Waals surface area (Å²) < 4.78 is 0. The van der Waals surface area contributed by atoms with Crippen LogP contribution < -0.4 is 0 Å². The lowest BCUT2D eigenvalue weighted by molar-refractivity contribution is 0.897. The van der Waals surface area contributed by atoms with Gasteiger partial charge in [-0.1, -0.05) is 95.3 Å². The van der Waals surface area contributed by atoms with E-state index in [-0.39, 0.29) is 0 Å². The van der Waals surface area contributed by atoms with Crippen LogP contribution in [0.25, 0.3) is 12.2 Å². The van der Waals surface area contributed by atoms with Gasteiger partial charge in [0.15, 0.2) is 0 Å². The third-order valence-corrected chi connectivity index (χ3v) is 4.54. The van der Waals surface area contributed by atoms with Crippen molar-refractivity contribution in [2.75, 3.05) is 0 Å². The van der Waals surface area contributed by atoms with Crippen LogP contribution in [0.5, 0.6) is 0 Å². The molecule has 2 aromatic carbocycles. The summed E-state index contributed by atoms with van der Waals surface area (Å²) in [6.45, 7) is 16.4. The summed E-state index contributed by atoms with van der Waals surface area (Å²) in [5.41, 5.74) is 8.34. The highest BCUT2D eigenvalue weighted by atomic mass is 14.1. The molecule has 0 spiro atoms. The Kier molecular flexibility index (Phi) is 9.62. The highest BCUT2D eigenvalue weighted by Gasteiger charge is 2.02. The second-order valence-electron chi connectivity index (χ2n) is 6.43.